The third-order valence-corrected chi connectivity index (χ3v) is 6.67. The molecule has 1 N–H and O–H groups in total. The summed E-state index contributed by atoms with van der Waals surface area (Å²) in [5.74, 6) is -0.359. The lowest BCUT2D eigenvalue weighted by Crippen LogP contribution is -2.42. The topological polar surface area (TPSA) is 90.9 Å². The van der Waals surface area contributed by atoms with Crippen LogP contribution in [0.3, 0.4) is 0 Å². The van der Waals surface area contributed by atoms with Gasteiger partial charge in [0.05, 0.1) is 5.69 Å². The SMILES string of the molecule is CCn1nc(C)c2c1c(=O)n(CCc1ccccc1)c(=O)n2CC(=O)Nc1ccc(Br)c(C)c1. The average Bonchev–Trinajstić information content (AvgIpc) is 3.16. The summed E-state index contributed by atoms with van der Waals surface area (Å²) >= 11 is 3.45. The van der Waals surface area contributed by atoms with Crippen LogP contribution in [0.2, 0.25) is 0 Å². The molecule has 0 radical (unpaired) electrons. The Labute approximate surface area is 205 Å². The number of carbonyl (C=O) groups excluding carboxylic acids is 1. The van der Waals surface area contributed by atoms with E-state index in [1.807, 2.05) is 56.3 Å². The summed E-state index contributed by atoms with van der Waals surface area (Å²) in [7, 11) is 0. The summed E-state index contributed by atoms with van der Waals surface area (Å²) in [6.07, 6.45) is 0.519. The van der Waals surface area contributed by atoms with Crippen LogP contribution in [0.25, 0.3) is 11.0 Å². The van der Waals surface area contributed by atoms with Crippen LogP contribution >= 0.6 is 15.9 Å². The van der Waals surface area contributed by atoms with Crippen molar-refractivity contribution in [1.82, 2.24) is 18.9 Å². The molecule has 176 valence electrons. The molecule has 0 unspecified atom stereocenters. The van der Waals surface area contributed by atoms with E-state index in [0.29, 0.717) is 35.4 Å². The second kappa shape index (κ2) is 9.80. The Hall–Kier alpha value is -3.46. The summed E-state index contributed by atoms with van der Waals surface area (Å²) in [6, 6.07) is 15.2. The molecule has 0 bridgehead atoms. The van der Waals surface area contributed by atoms with Gasteiger partial charge in [0.25, 0.3) is 5.56 Å². The highest BCUT2D eigenvalue weighted by Gasteiger charge is 2.21. The van der Waals surface area contributed by atoms with Crippen LogP contribution in [0, 0.1) is 13.8 Å². The molecule has 1 amide bonds. The van der Waals surface area contributed by atoms with Gasteiger partial charge in [0.2, 0.25) is 5.91 Å². The monoisotopic (exact) mass is 523 g/mol. The number of hydrogen-bond donors (Lipinski definition) is 1. The first-order valence-electron chi connectivity index (χ1n) is 11.1. The molecule has 0 saturated heterocycles. The van der Waals surface area contributed by atoms with Crippen molar-refractivity contribution in [2.75, 3.05) is 5.32 Å². The zero-order chi connectivity index (χ0) is 24.4. The summed E-state index contributed by atoms with van der Waals surface area (Å²) in [6.45, 7) is 6.01. The number of amides is 1. The van der Waals surface area contributed by atoms with Gasteiger partial charge in [-0.05, 0) is 56.5 Å². The molecule has 2 heterocycles. The van der Waals surface area contributed by atoms with E-state index < -0.39 is 11.2 Å². The van der Waals surface area contributed by atoms with E-state index in [4.69, 9.17) is 0 Å². The van der Waals surface area contributed by atoms with Crippen molar-refractivity contribution in [1.29, 1.82) is 0 Å². The predicted octanol–water partition coefficient (Wildman–Crippen LogP) is 3.64. The van der Waals surface area contributed by atoms with Crippen molar-refractivity contribution in [3.8, 4) is 0 Å². The Morgan fingerprint density at radius 1 is 1.03 bits per heavy atom. The molecular formula is C25H26BrN5O3. The fourth-order valence-electron chi connectivity index (χ4n) is 4.09. The van der Waals surface area contributed by atoms with Crippen LogP contribution in [-0.2, 0) is 30.8 Å². The minimum Gasteiger partial charge on any atom is -0.325 e. The molecule has 0 aliphatic carbocycles. The van der Waals surface area contributed by atoms with E-state index in [0.717, 1.165) is 15.6 Å². The number of fused-ring (bicyclic) bond motifs is 1. The Kier molecular flexibility index (Phi) is 6.83. The molecule has 0 aliphatic rings. The molecule has 4 aromatic rings. The number of anilines is 1. The molecule has 0 spiro atoms. The fraction of sp³-hybridized carbons (Fsp3) is 0.280. The highest BCUT2D eigenvalue weighted by molar-refractivity contribution is 9.10. The minimum absolute atomic E-state index is 0.207. The van der Waals surface area contributed by atoms with Crippen LogP contribution in [0.1, 0.15) is 23.7 Å². The van der Waals surface area contributed by atoms with E-state index >= 15 is 0 Å². The summed E-state index contributed by atoms with van der Waals surface area (Å²) in [5, 5.41) is 7.30. The van der Waals surface area contributed by atoms with Gasteiger partial charge in [-0.3, -0.25) is 23.4 Å². The summed E-state index contributed by atoms with van der Waals surface area (Å²) < 4.78 is 5.10. The molecule has 0 aliphatic heterocycles. The number of aromatic nitrogens is 4. The van der Waals surface area contributed by atoms with Gasteiger partial charge >= 0.3 is 5.69 Å². The number of aryl methyl sites for hydroxylation is 4. The second-order valence-electron chi connectivity index (χ2n) is 8.17. The van der Waals surface area contributed by atoms with E-state index in [9.17, 15) is 14.4 Å². The minimum atomic E-state index is -0.519. The second-order valence-corrected chi connectivity index (χ2v) is 9.03. The standard InChI is InChI=1S/C25H26BrN5O3/c1-4-31-23-22(17(3)28-31)30(15-21(32)27-19-10-11-20(26)16(2)14-19)25(34)29(24(23)33)13-12-18-8-6-5-7-9-18/h5-11,14H,4,12-13,15H2,1-3H3,(H,27,32). The molecule has 9 heteroatoms. The predicted molar refractivity (Wildman–Crippen MR) is 136 cm³/mol. The van der Waals surface area contributed by atoms with Gasteiger partial charge in [0.1, 0.15) is 12.1 Å². The molecule has 2 aromatic carbocycles. The molecule has 4 rings (SSSR count). The normalized spacial score (nSPS) is 11.2. The first-order valence-corrected chi connectivity index (χ1v) is 11.9. The molecule has 2 aromatic heterocycles. The van der Waals surface area contributed by atoms with Gasteiger partial charge in [-0.25, -0.2) is 4.79 Å². The number of halogens is 1. The number of carbonyl (C=O) groups is 1. The van der Waals surface area contributed by atoms with Crippen LogP contribution in [0.4, 0.5) is 5.69 Å². The van der Waals surface area contributed by atoms with Crippen LogP contribution in [-0.4, -0.2) is 24.8 Å². The lowest BCUT2D eigenvalue weighted by Gasteiger charge is -2.14. The van der Waals surface area contributed by atoms with E-state index in [2.05, 4.69) is 26.3 Å². The molecule has 8 nitrogen and oxygen atoms in total. The highest BCUT2D eigenvalue weighted by atomic mass is 79.9. The number of nitrogens with one attached hydrogen (secondary N) is 1. The van der Waals surface area contributed by atoms with Crippen molar-refractivity contribution in [2.45, 2.75) is 46.8 Å². The third kappa shape index (κ3) is 4.61. The van der Waals surface area contributed by atoms with Crippen molar-refractivity contribution in [2.24, 2.45) is 0 Å². The van der Waals surface area contributed by atoms with Gasteiger partial charge in [-0.2, -0.15) is 5.10 Å². The smallest absolute Gasteiger partial charge is 0.325 e. The molecular weight excluding hydrogens is 498 g/mol. The summed E-state index contributed by atoms with van der Waals surface area (Å²) in [4.78, 5) is 39.8. The Morgan fingerprint density at radius 2 is 1.76 bits per heavy atom. The maximum atomic E-state index is 13.5. The number of benzene rings is 2. The first-order chi connectivity index (χ1) is 16.3. The third-order valence-electron chi connectivity index (χ3n) is 5.79. The van der Waals surface area contributed by atoms with Gasteiger partial charge in [-0.15, -0.1) is 0 Å². The van der Waals surface area contributed by atoms with E-state index in [1.54, 1.807) is 17.7 Å². The largest absolute Gasteiger partial charge is 0.332 e. The van der Waals surface area contributed by atoms with Crippen LogP contribution in [0.15, 0.2) is 62.6 Å². The van der Waals surface area contributed by atoms with Crippen LogP contribution < -0.4 is 16.6 Å². The van der Waals surface area contributed by atoms with Crippen molar-refractivity contribution < 1.29 is 4.79 Å². The molecule has 0 atom stereocenters. The average molecular weight is 524 g/mol. The number of rotatable bonds is 7. The zero-order valence-electron chi connectivity index (χ0n) is 19.3. The van der Waals surface area contributed by atoms with Crippen molar-refractivity contribution in [3.63, 3.8) is 0 Å². The Bertz CT molecular complexity index is 1480. The maximum absolute atomic E-state index is 13.5. The zero-order valence-corrected chi connectivity index (χ0v) is 20.9. The van der Waals surface area contributed by atoms with Crippen molar-refractivity contribution >= 4 is 38.6 Å². The van der Waals surface area contributed by atoms with Crippen LogP contribution in [0.5, 0.6) is 0 Å². The quantitative estimate of drug-likeness (QED) is 0.400. The van der Waals surface area contributed by atoms with E-state index in [-0.39, 0.29) is 19.0 Å². The summed E-state index contributed by atoms with van der Waals surface area (Å²) in [5.41, 5.74) is 2.99. The van der Waals surface area contributed by atoms with E-state index in [1.165, 1.54) is 9.13 Å². The fourth-order valence-corrected chi connectivity index (χ4v) is 4.33. The van der Waals surface area contributed by atoms with Gasteiger partial charge in [-0.1, -0.05) is 46.3 Å². The molecule has 34 heavy (non-hydrogen) atoms. The van der Waals surface area contributed by atoms with Crippen molar-refractivity contribution in [3.05, 3.63) is 90.7 Å². The van der Waals surface area contributed by atoms with Gasteiger partial charge < -0.3 is 5.32 Å². The number of hydrogen-bond acceptors (Lipinski definition) is 4. The highest BCUT2D eigenvalue weighted by Crippen LogP contribution is 2.20. The molecule has 0 fully saturated rings. The number of nitrogens with zero attached hydrogens (tertiary/aromatic N) is 4. The Morgan fingerprint density at radius 3 is 2.44 bits per heavy atom. The van der Waals surface area contributed by atoms with Gasteiger partial charge in [0, 0.05) is 23.2 Å². The Balaban J connectivity index is 1.75. The maximum Gasteiger partial charge on any atom is 0.332 e. The lowest BCUT2D eigenvalue weighted by molar-refractivity contribution is -0.116. The first kappa shape index (κ1) is 23.7. The molecule has 0 saturated carbocycles. The van der Waals surface area contributed by atoms with Gasteiger partial charge in [0.15, 0.2) is 5.52 Å². The lowest BCUT2D eigenvalue weighted by atomic mass is 10.1.